The second-order valence-electron chi connectivity index (χ2n) is 9.73. The molecule has 220 valence electrons. The molecule has 0 fully saturated rings. The Morgan fingerprint density at radius 3 is 0.905 bits per heavy atom. The van der Waals surface area contributed by atoms with Gasteiger partial charge in [0, 0.05) is 23.0 Å². The highest BCUT2D eigenvalue weighted by Crippen LogP contribution is 2.54. The minimum atomic E-state index is -2.41. The highest BCUT2D eigenvalue weighted by atomic mass is 19.2. The van der Waals surface area contributed by atoms with Crippen molar-refractivity contribution in [2.45, 2.75) is 25.7 Å². The van der Waals surface area contributed by atoms with Crippen LogP contribution in [0.15, 0.2) is 24.3 Å². The van der Waals surface area contributed by atoms with Crippen molar-refractivity contribution in [2.24, 2.45) is 0 Å². The molecule has 5 rings (SSSR count). The van der Waals surface area contributed by atoms with Crippen LogP contribution in [-0.4, -0.2) is 14.2 Å². The standard InChI is InChI=1S/C30H18F10O2/c1-9-5-11-12(6-10(9)2)18(20-23(33)27(37)30(40)28(38)24(20)34)14-8-16(42-4)15(41-3)7-13(14)17(11)19-21(31)25(35)29(39)26(36)22(19)32/h5-8,17-18H,1-4H3. The van der Waals surface area contributed by atoms with Crippen LogP contribution in [0.3, 0.4) is 0 Å². The van der Waals surface area contributed by atoms with Gasteiger partial charge in [-0.3, -0.25) is 0 Å². The van der Waals surface area contributed by atoms with Crippen molar-refractivity contribution in [3.8, 4) is 11.5 Å². The van der Waals surface area contributed by atoms with E-state index in [2.05, 4.69) is 0 Å². The summed E-state index contributed by atoms with van der Waals surface area (Å²) >= 11 is 0. The molecule has 0 heterocycles. The summed E-state index contributed by atoms with van der Waals surface area (Å²) in [6, 6.07) is 4.78. The van der Waals surface area contributed by atoms with Gasteiger partial charge >= 0.3 is 0 Å². The van der Waals surface area contributed by atoms with Crippen LogP contribution in [0, 0.1) is 72.0 Å². The van der Waals surface area contributed by atoms with Crippen LogP contribution in [0.4, 0.5) is 43.9 Å². The Labute approximate surface area is 232 Å². The zero-order valence-corrected chi connectivity index (χ0v) is 22.1. The summed E-state index contributed by atoms with van der Waals surface area (Å²) in [5.74, 6) is -26.3. The van der Waals surface area contributed by atoms with Crippen LogP contribution in [0.25, 0.3) is 0 Å². The first-order valence-corrected chi connectivity index (χ1v) is 12.2. The number of ether oxygens (including phenoxy) is 2. The molecule has 0 aromatic heterocycles. The third kappa shape index (κ3) is 4.02. The third-order valence-electron chi connectivity index (χ3n) is 7.60. The first-order chi connectivity index (χ1) is 19.8. The third-order valence-corrected chi connectivity index (χ3v) is 7.60. The van der Waals surface area contributed by atoms with Crippen molar-refractivity contribution in [1.29, 1.82) is 0 Å². The van der Waals surface area contributed by atoms with Crippen molar-refractivity contribution in [2.75, 3.05) is 14.2 Å². The Kier molecular flexibility index (Phi) is 7.14. The molecule has 4 aromatic carbocycles. The number of aryl methyl sites for hydroxylation is 2. The quantitative estimate of drug-likeness (QED) is 0.117. The molecule has 2 nitrogen and oxygen atoms in total. The van der Waals surface area contributed by atoms with E-state index in [9.17, 15) is 26.3 Å². The highest BCUT2D eigenvalue weighted by Gasteiger charge is 2.43. The second-order valence-corrected chi connectivity index (χ2v) is 9.73. The number of rotatable bonds is 4. The first-order valence-electron chi connectivity index (χ1n) is 12.2. The van der Waals surface area contributed by atoms with E-state index in [0.717, 1.165) is 12.1 Å². The van der Waals surface area contributed by atoms with Crippen LogP contribution in [0.5, 0.6) is 11.5 Å². The van der Waals surface area contributed by atoms with Crippen molar-refractivity contribution >= 4 is 0 Å². The average molecular weight is 600 g/mol. The Bertz CT molecular complexity index is 1610. The summed E-state index contributed by atoms with van der Waals surface area (Å²) in [7, 11) is 2.34. The Hall–Kier alpha value is -4.22. The second kappa shape index (κ2) is 10.2. The Morgan fingerprint density at radius 2 is 0.643 bits per heavy atom. The summed E-state index contributed by atoms with van der Waals surface area (Å²) in [6.07, 6.45) is 0. The smallest absolute Gasteiger partial charge is 0.200 e. The fourth-order valence-electron chi connectivity index (χ4n) is 5.48. The van der Waals surface area contributed by atoms with Gasteiger partial charge in [-0.2, -0.15) is 0 Å². The number of methoxy groups -OCH3 is 2. The van der Waals surface area contributed by atoms with Gasteiger partial charge in [0.05, 0.1) is 14.2 Å². The van der Waals surface area contributed by atoms with Crippen LogP contribution >= 0.6 is 0 Å². The van der Waals surface area contributed by atoms with E-state index in [-0.39, 0.29) is 33.8 Å². The molecule has 0 radical (unpaired) electrons. The SMILES string of the molecule is COc1cc2c(cc1OC)C(c1c(F)c(F)c(F)c(F)c1F)c1cc(C)c(C)cc1C2c1c(F)c(F)c(F)c(F)c1F. The van der Waals surface area contributed by atoms with Gasteiger partial charge in [-0.1, -0.05) is 12.1 Å². The first kappa shape index (κ1) is 29.3. The molecule has 4 aromatic rings. The molecule has 0 N–H and O–H groups in total. The molecular weight excluding hydrogens is 582 g/mol. The molecule has 2 atom stereocenters. The lowest BCUT2D eigenvalue weighted by molar-refractivity contribution is 0.352. The zero-order valence-electron chi connectivity index (χ0n) is 22.1. The van der Waals surface area contributed by atoms with E-state index < -0.39 is 81.1 Å². The van der Waals surface area contributed by atoms with Gasteiger partial charge in [0.25, 0.3) is 0 Å². The molecule has 0 spiro atoms. The summed E-state index contributed by atoms with van der Waals surface area (Å²) in [5, 5.41) is 0. The van der Waals surface area contributed by atoms with Crippen molar-refractivity contribution in [3.05, 3.63) is 127 Å². The molecule has 0 saturated heterocycles. The predicted octanol–water partition coefficient (Wildman–Crippen LogP) is 8.39. The maximum absolute atomic E-state index is 15.3. The van der Waals surface area contributed by atoms with Crippen molar-refractivity contribution < 1.29 is 53.4 Å². The normalized spacial score (nSPS) is 15.9. The lowest BCUT2D eigenvalue weighted by Gasteiger charge is -2.36. The van der Waals surface area contributed by atoms with E-state index in [1.165, 1.54) is 26.4 Å². The van der Waals surface area contributed by atoms with E-state index in [1.54, 1.807) is 13.8 Å². The minimum absolute atomic E-state index is 0.117. The molecule has 0 aliphatic heterocycles. The van der Waals surface area contributed by atoms with Crippen LogP contribution in [0.2, 0.25) is 0 Å². The fourth-order valence-corrected chi connectivity index (χ4v) is 5.48. The molecule has 0 saturated carbocycles. The van der Waals surface area contributed by atoms with E-state index in [0.29, 0.717) is 11.1 Å². The Morgan fingerprint density at radius 1 is 0.405 bits per heavy atom. The maximum Gasteiger partial charge on any atom is 0.200 e. The van der Waals surface area contributed by atoms with Crippen LogP contribution < -0.4 is 9.47 Å². The van der Waals surface area contributed by atoms with E-state index >= 15 is 17.6 Å². The van der Waals surface area contributed by atoms with Gasteiger partial charge in [-0.05, 0) is 59.4 Å². The van der Waals surface area contributed by atoms with Crippen molar-refractivity contribution in [3.63, 3.8) is 0 Å². The summed E-state index contributed by atoms with van der Waals surface area (Å²) in [6.45, 7) is 3.09. The Balaban J connectivity index is 2.02. The largest absolute Gasteiger partial charge is 0.493 e. The van der Waals surface area contributed by atoms with Gasteiger partial charge in [0.15, 0.2) is 58.0 Å². The number of hydrogen-bond acceptors (Lipinski definition) is 2. The van der Waals surface area contributed by atoms with Gasteiger partial charge in [-0.15, -0.1) is 0 Å². The van der Waals surface area contributed by atoms with Gasteiger partial charge in [-0.25, -0.2) is 43.9 Å². The molecule has 1 aliphatic carbocycles. The molecular formula is C30H18F10O2. The van der Waals surface area contributed by atoms with Crippen LogP contribution in [-0.2, 0) is 0 Å². The summed E-state index contributed by atoms with van der Waals surface area (Å²) in [5.41, 5.74) is -2.70. The number of halogens is 10. The fraction of sp³-hybridized carbons (Fsp3) is 0.200. The monoisotopic (exact) mass is 600 g/mol. The molecule has 0 amide bonds. The van der Waals surface area contributed by atoms with E-state index in [4.69, 9.17) is 9.47 Å². The number of benzene rings is 4. The summed E-state index contributed by atoms with van der Waals surface area (Å²) in [4.78, 5) is 0. The average Bonchev–Trinajstić information content (AvgIpc) is 2.98. The number of hydrogen-bond donors (Lipinski definition) is 0. The molecule has 1 aliphatic rings. The summed E-state index contributed by atoms with van der Waals surface area (Å²) < 4.78 is 158. The van der Waals surface area contributed by atoms with Gasteiger partial charge in [0.1, 0.15) is 0 Å². The molecule has 42 heavy (non-hydrogen) atoms. The van der Waals surface area contributed by atoms with Gasteiger partial charge < -0.3 is 9.47 Å². The zero-order chi connectivity index (χ0) is 30.9. The van der Waals surface area contributed by atoms with Crippen molar-refractivity contribution in [1.82, 2.24) is 0 Å². The number of fused-ring (bicyclic) bond motifs is 2. The lowest BCUT2D eigenvalue weighted by atomic mass is 9.67. The molecule has 2 unspecified atom stereocenters. The molecule has 12 heteroatoms. The lowest BCUT2D eigenvalue weighted by Crippen LogP contribution is -2.25. The maximum atomic E-state index is 15.3. The van der Waals surface area contributed by atoms with Crippen LogP contribution in [0.1, 0.15) is 56.3 Å². The topological polar surface area (TPSA) is 18.5 Å². The van der Waals surface area contributed by atoms with E-state index in [1.807, 2.05) is 0 Å². The minimum Gasteiger partial charge on any atom is -0.493 e. The van der Waals surface area contributed by atoms with Gasteiger partial charge in [0.2, 0.25) is 11.6 Å². The highest BCUT2D eigenvalue weighted by molar-refractivity contribution is 5.66. The molecule has 0 bridgehead atoms. The predicted molar refractivity (Wildman–Crippen MR) is 130 cm³/mol.